The highest BCUT2D eigenvalue weighted by molar-refractivity contribution is 5.02. The Morgan fingerprint density at radius 1 is 1.25 bits per heavy atom. The van der Waals surface area contributed by atoms with Gasteiger partial charge in [0.15, 0.2) is 0 Å². The lowest BCUT2D eigenvalue weighted by molar-refractivity contribution is -0.0633. The van der Waals surface area contributed by atoms with Crippen LogP contribution in [0.3, 0.4) is 0 Å². The van der Waals surface area contributed by atoms with E-state index in [9.17, 15) is 8.78 Å². The van der Waals surface area contributed by atoms with Crippen LogP contribution >= 0.6 is 0 Å². The zero-order chi connectivity index (χ0) is 11.9. The van der Waals surface area contributed by atoms with Crippen molar-refractivity contribution in [1.82, 2.24) is 4.90 Å². The van der Waals surface area contributed by atoms with Crippen molar-refractivity contribution < 1.29 is 8.78 Å². The minimum Gasteiger partial charge on any atom is -0.297 e. The molecule has 0 N–H and O–H groups in total. The third-order valence-electron chi connectivity index (χ3n) is 2.70. The minimum atomic E-state index is -2.47. The third-order valence-corrected chi connectivity index (χ3v) is 2.70. The average molecular weight is 229 g/mol. The Morgan fingerprint density at radius 2 is 2.00 bits per heavy atom. The Bertz CT molecular complexity index is 246. The molecule has 0 aromatic rings. The van der Waals surface area contributed by atoms with E-state index in [1.54, 1.807) is 0 Å². The number of likely N-dealkylation sites (tertiary alicyclic amines) is 1. The second-order valence-electron chi connectivity index (χ2n) is 4.29. The highest BCUT2D eigenvalue weighted by Gasteiger charge is 2.34. The van der Waals surface area contributed by atoms with Gasteiger partial charge < -0.3 is 0 Å². The zero-order valence-corrected chi connectivity index (χ0v) is 9.96. The van der Waals surface area contributed by atoms with Crippen LogP contribution in [0.1, 0.15) is 32.6 Å². The van der Waals surface area contributed by atoms with Crippen molar-refractivity contribution in [2.45, 2.75) is 38.5 Å². The summed E-state index contributed by atoms with van der Waals surface area (Å²) in [6.07, 6.45) is 10.7. The molecule has 1 saturated heterocycles. The maximum atomic E-state index is 13.1. The molecule has 0 bridgehead atoms. The zero-order valence-electron chi connectivity index (χ0n) is 9.96. The molecular formula is C13H21F2N. The summed E-state index contributed by atoms with van der Waals surface area (Å²) in [6.45, 7) is 3.58. The van der Waals surface area contributed by atoms with Gasteiger partial charge in [-0.3, -0.25) is 4.90 Å². The van der Waals surface area contributed by atoms with Crippen LogP contribution in [0, 0.1) is 0 Å². The predicted molar refractivity (Wildman–Crippen MR) is 63.8 cm³/mol. The Labute approximate surface area is 96.8 Å². The van der Waals surface area contributed by atoms with Crippen molar-refractivity contribution in [2.75, 3.05) is 19.6 Å². The van der Waals surface area contributed by atoms with Crippen LogP contribution in [-0.2, 0) is 0 Å². The molecule has 0 aromatic heterocycles. The van der Waals surface area contributed by atoms with Gasteiger partial charge in [0.2, 0.25) is 0 Å². The van der Waals surface area contributed by atoms with Crippen LogP contribution in [0.2, 0.25) is 0 Å². The largest absolute Gasteiger partial charge is 0.297 e. The number of allylic oxidation sites excluding steroid dienone is 3. The van der Waals surface area contributed by atoms with Gasteiger partial charge in [-0.05, 0) is 25.8 Å². The number of halogens is 2. The van der Waals surface area contributed by atoms with Gasteiger partial charge >= 0.3 is 0 Å². The number of rotatable bonds is 5. The summed E-state index contributed by atoms with van der Waals surface area (Å²) in [7, 11) is 0. The molecule has 0 spiro atoms. The minimum absolute atomic E-state index is 0.0541. The topological polar surface area (TPSA) is 3.24 Å². The molecule has 1 nitrogen and oxygen atoms in total. The maximum Gasteiger partial charge on any atom is 0.260 e. The van der Waals surface area contributed by atoms with Crippen molar-refractivity contribution in [3.05, 3.63) is 24.3 Å². The molecule has 3 heteroatoms. The van der Waals surface area contributed by atoms with E-state index in [-0.39, 0.29) is 13.0 Å². The van der Waals surface area contributed by atoms with Gasteiger partial charge in [-0.25, -0.2) is 8.78 Å². The highest BCUT2D eigenvalue weighted by atomic mass is 19.3. The van der Waals surface area contributed by atoms with Crippen molar-refractivity contribution in [2.24, 2.45) is 0 Å². The van der Waals surface area contributed by atoms with Crippen LogP contribution in [0.4, 0.5) is 8.78 Å². The lowest BCUT2D eigenvalue weighted by Crippen LogP contribution is -2.42. The van der Waals surface area contributed by atoms with Crippen molar-refractivity contribution in [1.29, 1.82) is 0 Å². The summed E-state index contributed by atoms with van der Waals surface area (Å²) in [4.78, 5) is 1.86. The average Bonchev–Trinajstić information content (AvgIpc) is 2.22. The number of hydrogen-bond donors (Lipinski definition) is 0. The number of alkyl halides is 2. The molecule has 1 aliphatic rings. The fraction of sp³-hybridized carbons (Fsp3) is 0.692. The third kappa shape index (κ3) is 5.40. The summed E-state index contributed by atoms with van der Waals surface area (Å²) in [5.74, 6) is -2.47. The van der Waals surface area contributed by atoms with E-state index in [0.29, 0.717) is 6.42 Å². The summed E-state index contributed by atoms with van der Waals surface area (Å²) in [6, 6.07) is 0. The molecule has 1 aliphatic heterocycles. The predicted octanol–water partition coefficient (Wildman–Crippen LogP) is 3.63. The van der Waals surface area contributed by atoms with Crippen molar-refractivity contribution >= 4 is 0 Å². The summed E-state index contributed by atoms with van der Waals surface area (Å²) >= 11 is 0. The second-order valence-corrected chi connectivity index (χ2v) is 4.29. The molecule has 0 amide bonds. The van der Waals surface area contributed by atoms with Crippen LogP contribution in [0.25, 0.3) is 0 Å². The molecule has 16 heavy (non-hydrogen) atoms. The normalized spacial score (nSPS) is 22.2. The molecule has 0 saturated carbocycles. The van der Waals surface area contributed by atoms with Crippen LogP contribution in [0.5, 0.6) is 0 Å². The lowest BCUT2D eigenvalue weighted by atomic mass is 10.1. The summed E-state index contributed by atoms with van der Waals surface area (Å²) in [5.41, 5.74) is 0. The van der Waals surface area contributed by atoms with Gasteiger partial charge in [-0.2, -0.15) is 0 Å². The Hall–Kier alpha value is -0.700. The van der Waals surface area contributed by atoms with E-state index in [4.69, 9.17) is 0 Å². The summed E-state index contributed by atoms with van der Waals surface area (Å²) < 4.78 is 26.1. The quantitative estimate of drug-likeness (QED) is 0.651. The van der Waals surface area contributed by atoms with Crippen LogP contribution < -0.4 is 0 Å². The number of piperidine rings is 1. The van der Waals surface area contributed by atoms with E-state index in [1.807, 2.05) is 23.1 Å². The number of nitrogens with zero attached hydrogens (tertiary/aromatic N) is 1. The number of hydrogen-bond acceptors (Lipinski definition) is 1. The van der Waals surface area contributed by atoms with E-state index in [1.165, 1.54) is 0 Å². The van der Waals surface area contributed by atoms with Crippen molar-refractivity contribution in [3.63, 3.8) is 0 Å². The Balaban J connectivity index is 2.17. The monoisotopic (exact) mass is 229 g/mol. The Kier molecular flexibility index (Phi) is 5.67. The summed E-state index contributed by atoms with van der Waals surface area (Å²) in [5, 5.41) is 0. The van der Waals surface area contributed by atoms with Crippen LogP contribution in [-0.4, -0.2) is 30.5 Å². The fourth-order valence-electron chi connectivity index (χ4n) is 1.88. The standard InChI is InChI=1S/C13H21F2N/c1-2-3-4-5-6-7-10-16-11-8-9-13(14,15)12-16/h3-6H,2,7-12H2,1H3/b4-3-,6-5-. The first-order valence-electron chi connectivity index (χ1n) is 6.06. The van der Waals surface area contributed by atoms with E-state index in [0.717, 1.165) is 25.9 Å². The molecule has 0 unspecified atom stereocenters. The molecule has 0 aromatic carbocycles. The van der Waals surface area contributed by atoms with Crippen molar-refractivity contribution in [3.8, 4) is 0 Å². The van der Waals surface area contributed by atoms with Gasteiger partial charge in [-0.15, -0.1) is 0 Å². The van der Waals surface area contributed by atoms with Gasteiger partial charge in [0.05, 0.1) is 6.54 Å². The molecule has 92 valence electrons. The van der Waals surface area contributed by atoms with Gasteiger partial charge in [-0.1, -0.05) is 31.2 Å². The first-order chi connectivity index (χ1) is 7.64. The highest BCUT2D eigenvalue weighted by Crippen LogP contribution is 2.26. The SMILES string of the molecule is CC/C=C\C=C/CCN1CCCC(F)(F)C1. The molecular weight excluding hydrogens is 208 g/mol. The van der Waals surface area contributed by atoms with Gasteiger partial charge in [0.25, 0.3) is 5.92 Å². The lowest BCUT2D eigenvalue weighted by Gasteiger charge is -2.32. The van der Waals surface area contributed by atoms with E-state index < -0.39 is 5.92 Å². The van der Waals surface area contributed by atoms with Gasteiger partial charge in [0.1, 0.15) is 0 Å². The Morgan fingerprint density at radius 3 is 2.69 bits per heavy atom. The molecule has 0 atom stereocenters. The van der Waals surface area contributed by atoms with Gasteiger partial charge in [0, 0.05) is 13.0 Å². The molecule has 1 fully saturated rings. The smallest absolute Gasteiger partial charge is 0.260 e. The first-order valence-corrected chi connectivity index (χ1v) is 6.06. The molecule has 0 radical (unpaired) electrons. The molecule has 1 heterocycles. The van der Waals surface area contributed by atoms with Crippen LogP contribution in [0.15, 0.2) is 24.3 Å². The molecule has 0 aliphatic carbocycles. The van der Waals surface area contributed by atoms with E-state index in [2.05, 4.69) is 13.0 Å². The first kappa shape index (κ1) is 13.4. The fourth-order valence-corrected chi connectivity index (χ4v) is 1.88. The maximum absolute atomic E-state index is 13.1. The van der Waals surface area contributed by atoms with E-state index >= 15 is 0 Å². The molecule has 1 rings (SSSR count). The second kappa shape index (κ2) is 6.79.